The van der Waals surface area contributed by atoms with Crippen LogP contribution in [0.25, 0.3) is 0 Å². The lowest BCUT2D eigenvalue weighted by Crippen LogP contribution is -2.62. The highest BCUT2D eigenvalue weighted by molar-refractivity contribution is 6.10. The summed E-state index contributed by atoms with van der Waals surface area (Å²) in [6.07, 6.45) is 1.23. The number of hydrogen-bond donors (Lipinski definition) is 0. The third kappa shape index (κ3) is 2.41. The van der Waals surface area contributed by atoms with Crippen LogP contribution >= 0.6 is 0 Å². The number of esters is 1. The van der Waals surface area contributed by atoms with Crippen molar-refractivity contribution in [3.8, 4) is 0 Å². The number of methoxy groups -OCH3 is 2. The molecule has 2 fully saturated rings. The number of rotatable bonds is 3. The van der Waals surface area contributed by atoms with Gasteiger partial charge < -0.3 is 19.1 Å². The molecule has 0 N–H and O–H groups in total. The van der Waals surface area contributed by atoms with Gasteiger partial charge in [0.1, 0.15) is 12.0 Å². The number of carbonyl (C=O) groups excluding carboxylic acids is 3. The first-order chi connectivity index (χ1) is 13.0. The summed E-state index contributed by atoms with van der Waals surface area (Å²) < 4.78 is 16.3. The molecule has 4 rings (SSSR count). The summed E-state index contributed by atoms with van der Waals surface area (Å²) in [6, 6.07) is 9.25. The minimum atomic E-state index is -1.64. The third-order valence-corrected chi connectivity index (χ3v) is 5.80. The molecule has 0 bridgehead atoms. The molecule has 0 radical (unpaired) electrons. The van der Waals surface area contributed by atoms with Crippen molar-refractivity contribution in [1.29, 1.82) is 0 Å². The fourth-order valence-corrected chi connectivity index (χ4v) is 4.59. The van der Waals surface area contributed by atoms with Gasteiger partial charge in [0.25, 0.3) is 5.91 Å². The van der Waals surface area contributed by atoms with E-state index in [0.717, 1.165) is 5.56 Å². The zero-order chi connectivity index (χ0) is 19.2. The molecule has 4 atom stereocenters. The van der Waals surface area contributed by atoms with Crippen molar-refractivity contribution in [3.05, 3.63) is 47.7 Å². The number of benzene rings is 1. The van der Waals surface area contributed by atoms with Crippen LogP contribution in [0.4, 0.5) is 0 Å². The van der Waals surface area contributed by atoms with Gasteiger partial charge in [0.15, 0.2) is 5.78 Å². The Kier molecular flexibility index (Phi) is 4.26. The van der Waals surface area contributed by atoms with Gasteiger partial charge in [-0.15, -0.1) is 0 Å². The molecule has 0 aromatic heterocycles. The predicted octanol–water partition coefficient (Wildman–Crippen LogP) is 1.59. The SMILES string of the molecule is COC(=O)[C@@]12C(=O)N3[C@H](C[C@@H]1CC(=O)C=C2OC)OC[C@H]3c1ccccc1. The first kappa shape index (κ1) is 17.7. The number of hydrogen-bond acceptors (Lipinski definition) is 6. The second-order valence-electron chi connectivity index (χ2n) is 7.04. The maximum absolute atomic E-state index is 13.7. The molecule has 2 saturated heterocycles. The summed E-state index contributed by atoms with van der Waals surface area (Å²) in [4.78, 5) is 40.4. The fraction of sp³-hybridized carbons (Fsp3) is 0.450. The number of ketones is 1. The number of fused-ring (bicyclic) bond motifs is 2. The molecule has 7 nitrogen and oxygen atoms in total. The average molecular weight is 371 g/mol. The standard InChI is InChI=1S/C20H21NO6/c1-25-16-10-14(22)8-13-9-17-21(18(23)20(13,16)19(24)26-2)15(11-27-17)12-6-4-3-5-7-12/h3-7,10,13,15,17H,8-9,11H2,1-2H3/t13-,15-,17-,20-/m0/s1. The van der Waals surface area contributed by atoms with E-state index < -0.39 is 29.4 Å². The van der Waals surface area contributed by atoms with Crippen LogP contribution in [0.5, 0.6) is 0 Å². The van der Waals surface area contributed by atoms with Gasteiger partial charge in [-0.2, -0.15) is 0 Å². The number of amides is 1. The molecule has 2 heterocycles. The Morgan fingerprint density at radius 1 is 1.22 bits per heavy atom. The number of ether oxygens (including phenoxy) is 3. The van der Waals surface area contributed by atoms with Crippen molar-refractivity contribution in [1.82, 2.24) is 4.90 Å². The van der Waals surface area contributed by atoms with Crippen molar-refractivity contribution in [2.24, 2.45) is 11.3 Å². The highest BCUT2D eigenvalue weighted by Crippen LogP contribution is 2.53. The third-order valence-electron chi connectivity index (χ3n) is 5.80. The molecular weight excluding hydrogens is 350 g/mol. The minimum absolute atomic E-state index is 0.0535. The van der Waals surface area contributed by atoms with Gasteiger partial charge >= 0.3 is 5.97 Å². The second kappa shape index (κ2) is 6.49. The lowest BCUT2D eigenvalue weighted by molar-refractivity contribution is -0.181. The Hall–Kier alpha value is -2.67. The Balaban J connectivity index is 1.83. The van der Waals surface area contributed by atoms with Crippen LogP contribution in [0.15, 0.2) is 42.2 Å². The highest BCUT2D eigenvalue weighted by atomic mass is 16.5. The van der Waals surface area contributed by atoms with Crippen LogP contribution in [0.3, 0.4) is 0 Å². The number of nitrogens with zero attached hydrogens (tertiary/aromatic N) is 1. The van der Waals surface area contributed by atoms with Crippen LogP contribution < -0.4 is 0 Å². The number of allylic oxidation sites excluding steroid dienone is 1. The van der Waals surface area contributed by atoms with Gasteiger partial charge in [0.2, 0.25) is 5.41 Å². The molecule has 1 aromatic rings. The molecule has 0 spiro atoms. The van der Waals surface area contributed by atoms with Crippen molar-refractivity contribution >= 4 is 17.7 Å². The van der Waals surface area contributed by atoms with Crippen LogP contribution in [-0.4, -0.2) is 49.6 Å². The maximum Gasteiger partial charge on any atom is 0.329 e. The molecule has 2 aliphatic heterocycles. The monoisotopic (exact) mass is 371 g/mol. The van der Waals surface area contributed by atoms with E-state index in [1.165, 1.54) is 20.3 Å². The summed E-state index contributed by atoms with van der Waals surface area (Å²) >= 11 is 0. The van der Waals surface area contributed by atoms with Crippen molar-refractivity contribution < 1.29 is 28.6 Å². The molecule has 27 heavy (non-hydrogen) atoms. The summed E-state index contributed by atoms with van der Waals surface area (Å²) in [5.41, 5.74) is -0.712. The minimum Gasteiger partial charge on any atom is -0.499 e. The van der Waals surface area contributed by atoms with E-state index in [2.05, 4.69) is 0 Å². The molecular formula is C20H21NO6. The lowest BCUT2D eigenvalue weighted by Gasteiger charge is -2.48. The average Bonchev–Trinajstić information content (AvgIpc) is 3.11. The molecule has 1 aromatic carbocycles. The summed E-state index contributed by atoms with van der Waals surface area (Å²) in [6.45, 7) is 0.338. The zero-order valence-electron chi connectivity index (χ0n) is 15.2. The lowest BCUT2D eigenvalue weighted by atomic mass is 9.63. The van der Waals surface area contributed by atoms with Gasteiger partial charge in [-0.05, 0) is 12.0 Å². The maximum atomic E-state index is 13.7. The second-order valence-corrected chi connectivity index (χ2v) is 7.04. The molecule has 142 valence electrons. The summed E-state index contributed by atoms with van der Waals surface area (Å²) in [5.74, 6) is -1.80. The number of carbonyl (C=O) groups is 3. The van der Waals surface area contributed by atoms with Crippen LogP contribution in [0.1, 0.15) is 24.4 Å². The van der Waals surface area contributed by atoms with Crippen molar-refractivity contribution in [2.75, 3.05) is 20.8 Å². The Morgan fingerprint density at radius 3 is 2.63 bits per heavy atom. The van der Waals surface area contributed by atoms with Gasteiger partial charge in [-0.1, -0.05) is 30.3 Å². The fourth-order valence-electron chi connectivity index (χ4n) is 4.59. The van der Waals surface area contributed by atoms with Crippen LogP contribution in [0.2, 0.25) is 0 Å². The summed E-state index contributed by atoms with van der Waals surface area (Å²) in [5, 5.41) is 0. The first-order valence-electron chi connectivity index (χ1n) is 8.90. The van der Waals surface area contributed by atoms with Crippen LogP contribution in [0, 0.1) is 11.3 Å². The quantitative estimate of drug-likeness (QED) is 0.593. The van der Waals surface area contributed by atoms with Crippen LogP contribution in [-0.2, 0) is 28.6 Å². The topological polar surface area (TPSA) is 82.1 Å². The smallest absolute Gasteiger partial charge is 0.329 e. The first-order valence-corrected chi connectivity index (χ1v) is 8.90. The van der Waals surface area contributed by atoms with Gasteiger partial charge in [-0.3, -0.25) is 14.4 Å². The normalized spacial score (nSPS) is 32.4. The van der Waals surface area contributed by atoms with E-state index in [4.69, 9.17) is 14.2 Å². The number of piperidine rings is 1. The Bertz CT molecular complexity index is 819. The van der Waals surface area contributed by atoms with E-state index >= 15 is 0 Å². The van der Waals surface area contributed by atoms with Crippen molar-refractivity contribution in [2.45, 2.75) is 25.1 Å². The largest absolute Gasteiger partial charge is 0.499 e. The molecule has 3 aliphatic rings. The van der Waals surface area contributed by atoms with E-state index in [9.17, 15) is 14.4 Å². The van der Waals surface area contributed by atoms with E-state index in [1.807, 2.05) is 30.3 Å². The van der Waals surface area contributed by atoms with E-state index in [-0.39, 0.29) is 24.0 Å². The molecule has 7 heteroatoms. The zero-order valence-corrected chi connectivity index (χ0v) is 15.2. The Labute approximate surface area is 156 Å². The van der Waals surface area contributed by atoms with E-state index in [1.54, 1.807) is 4.90 Å². The van der Waals surface area contributed by atoms with Gasteiger partial charge in [0.05, 0.1) is 26.9 Å². The van der Waals surface area contributed by atoms with E-state index in [0.29, 0.717) is 13.0 Å². The molecule has 0 unspecified atom stereocenters. The molecule has 1 amide bonds. The Morgan fingerprint density at radius 2 is 1.96 bits per heavy atom. The van der Waals surface area contributed by atoms with Crippen molar-refractivity contribution in [3.63, 3.8) is 0 Å². The molecule has 1 aliphatic carbocycles. The van der Waals surface area contributed by atoms with Gasteiger partial charge in [0, 0.05) is 18.4 Å². The highest BCUT2D eigenvalue weighted by Gasteiger charge is 2.66. The predicted molar refractivity (Wildman–Crippen MR) is 93.0 cm³/mol. The molecule has 0 saturated carbocycles. The summed E-state index contributed by atoms with van der Waals surface area (Å²) in [7, 11) is 2.60. The van der Waals surface area contributed by atoms with Gasteiger partial charge in [-0.25, -0.2) is 0 Å².